The van der Waals surface area contributed by atoms with Gasteiger partial charge in [0.15, 0.2) is 0 Å². The molecule has 0 spiro atoms. The van der Waals surface area contributed by atoms with E-state index in [0.29, 0.717) is 0 Å². The largest absolute Gasteiger partial charge is 0.0998 e. The van der Waals surface area contributed by atoms with Gasteiger partial charge in [0.1, 0.15) is 0 Å². The summed E-state index contributed by atoms with van der Waals surface area (Å²) < 4.78 is 0. The third kappa shape index (κ3) is 9.00. The van der Waals surface area contributed by atoms with Crippen LogP contribution in [-0.2, 0) is 0 Å². The lowest BCUT2D eigenvalue weighted by molar-refractivity contribution is 0.404. The van der Waals surface area contributed by atoms with Crippen molar-refractivity contribution in [2.45, 2.75) is 67.2 Å². The van der Waals surface area contributed by atoms with E-state index in [0.717, 1.165) is 23.7 Å². The average molecular weight is 224 g/mol. The van der Waals surface area contributed by atoms with Crippen LogP contribution >= 0.6 is 0 Å². The van der Waals surface area contributed by atoms with Gasteiger partial charge >= 0.3 is 0 Å². The van der Waals surface area contributed by atoms with E-state index >= 15 is 0 Å². The molecule has 0 saturated heterocycles. The molecule has 96 valence electrons. The predicted octanol–water partition coefficient (Wildman–Crippen LogP) is 5.69. The van der Waals surface area contributed by atoms with Gasteiger partial charge in [0.2, 0.25) is 0 Å². The fraction of sp³-hybridized carbons (Fsp3) is 0.875. The first-order valence-electron chi connectivity index (χ1n) is 6.97. The third-order valence-corrected chi connectivity index (χ3v) is 3.02. The predicted molar refractivity (Wildman–Crippen MR) is 75.6 cm³/mol. The second kappa shape index (κ2) is 7.92. The standard InChI is InChI=1S/C16H32/c1-12(2)8-14(5)10-16(7)11-15(6)9-13(3)4/h12-15H,7-11H2,1-6H3. The fourth-order valence-electron chi connectivity index (χ4n) is 2.85. The molecule has 0 bridgehead atoms. The van der Waals surface area contributed by atoms with Crippen LogP contribution < -0.4 is 0 Å². The second-order valence-corrected chi connectivity index (χ2v) is 6.63. The average Bonchev–Trinajstić information content (AvgIpc) is 1.97. The summed E-state index contributed by atoms with van der Waals surface area (Å²) in [6.07, 6.45) is 5.11. The van der Waals surface area contributed by atoms with E-state index in [1.807, 2.05) is 0 Å². The van der Waals surface area contributed by atoms with Crippen LogP contribution in [0.15, 0.2) is 12.2 Å². The summed E-state index contributed by atoms with van der Waals surface area (Å²) in [5.41, 5.74) is 1.46. The molecular formula is C16H32. The zero-order valence-corrected chi connectivity index (χ0v) is 12.3. The van der Waals surface area contributed by atoms with Gasteiger partial charge in [-0.3, -0.25) is 0 Å². The van der Waals surface area contributed by atoms with E-state index in [-0.39, 0.29) is 0 Å². The molecule has 0 saturated carbocycles. The summed E-state index contributed by atoms with van der Waals surface area (Å²) in [7, 11) is 0. The maximum atomic E-state index is 4.25. The molecule has 0 aromatic carbocycles. The van der Waals surface area contributed by atoms with Crippen LogP contribution in [0.25, 0.3) is 0 Å². The summed E-state index contributed by atoms with van der Waals surface area (Å²) in [6.45, 7) is 18.2. The third-order valence-electron chi connectivity index (χ3n) is 3.02. The molecule has 0 radical (unpaired) electrons. The van der Waals surface area contributed by atoms with E-state index < -0.39 is 0 Å². The minimum absolute atomic E-state index is 0.804. The van der Waals surface area contributed by atoms with Crippen LogP contribution in [0.3, 0.4) is 0 Å². The molecule has 0 nitrogen and oxygen atoms in total. The molecule has 0 heteroatoms. The van der Waals surface area contributed by atoms with E-state index in [1.54, 1.807) is 0 Å². The van der Waals surface area contributed by atoms with Gasteiger partial charge in [-0.25, -0.2) is 0 Å². The second-order valence-electron chi connectivity index (χ2n) is 6.63. The highest BCUT2D eigenvalue weighted by Gasteiger charge is 2.10. The fourth-order valence-corrected chi connectivity index (χ4v) is 2.85. The minimum Gasteiger partial charge on any atom is -0.0998 e. The van der Waals surface area contributed by atoms with Gasteiger partial charge in [-0.15, -0.1) is 0 Å². The van der Waals surface area contributed by atoms with Crippen LogP contribution in [0.5, 0.6) is 0 Å². The molecule has 0 aromatic rings. The van der Waals surface area contributed by atoms with Crippen molar-refractivity contribution in [3.05, 3.63) is 12.2 Å². The normalized spacial score (nSPS) is 15.5. The lowest BCUT2D eigenvalue weighted by Gasteiger charge is -2.19. The Kier molecular flexibility index (Phi) is 7.80. The van der Waals surface area contributed by atoms with E-state index in [4.69, 9.17) is 0 Å². The van der Waals surface area contributed by atoms with Crippen molar-refractivity contribution in [3.63, 3.8) is 0 Å². The number of rotatable bonds is 8. The van der Waals surface area contributed by atoms with Gasteiger partial charge in [0.05, 0.1) is 0 Å². The van der Waals surface area contributed by atoms with Crippen LogP contribution in [-0.4, -0.2) is 0 Å². The quantitative estimate of drug-likeness (QED) is 0.465. The van der Waals surface area contributed by atoms with Gasteiger partial charge in [-0.05, 0) is 49.4 Å². The summed E-state index contributed by atoms with van der Waals surface area (Å²) in [5.74, 6) is 3.24. The molecule has 2 unspecified atom stereocenters. The van der Waals surface area contributed by atoms with Crippen LogP contribution in [0.1, 0.15) is 67.2 Å². The van der Waals surface area contributed by atoms with Crippen molar-refractivity contribution in [1.82, 2.24) is 0 Å². The zero-order chi connectivity index (χ0) is 12.7. The van der Waals surface area contributed by atoms with Gasteiger partial charge < -0.3 is 0 Å². The van der Waals surface area contributed by atoms with E-state index in [1.165, 1.54) is 31.3 Å². The van der Waals surface area contributed by atoms with Crippen LogP contribution in [0.4, 0.5) is 0 Å². The number of hydrogen-bond acceptors (Lipinski definition) is 0. The van der Waals surface area contributed by atoms with E-state index in [9.17, 15) is 0 Å². The lowest BCUT2D eigenvalue weighted by atomic mass is 9.87. The summed E-state index contributed by atoms with van der Waals surface area (Å²) in [5, 5.41) is 0. The molecule has 0 amide bonds. The molecule has 0 aliphatic heterocycles. The molecule has 0 heterocycles. The Morgan fingerprint density at radius 1 is 0.750 bits per heavy atom. The molecule has 16 heavy (non-hydrogen) atoms. The van der Waals surface area contributed by atoms with Gasteiger partial charge in [-0.1, -0.05) is 53.7 Å². The Morgan fingerprint density at radius 3 is 1.31 bits per heavy atom. The first kappa shape index (κ1) is 15.7. The molecule has 0 rings (SSSR count). The summed E-state index contributed by atoms with van der Waals surface area (Å²) >= 11 is 0. The molecule has 0 aromatic heterocycles. The summed E-state index contributed by atoms with van der Waals surface area (Å²) in [4.78, 5) is 0. The minimum atomic E-state index is 0.804. The summed E-state index contributed by atoms with van der Waals surface area (Å²) in [6, 6.07) is 0. The molecular weight excluding hydrogens is 192 g/mol. The highest BCUT2D eigenvalue weighted by atomic mass is 14.2. The SMILES string of the molecule is C=C(CC(C)CC(C)C)CC(C)CC(C)C. The van der Waals surface area contributed by atoms with Gasteiger partial charge in [0.25, 0.3) is 0 Å². The van der Waals surface area contributed by atoms with Crippen LogP contribution in [0, 0.1) is 23.7 Å². The van der Waals surface area contributed by atoms with Crippen molar-refractivity contribution in [2.75, 3.05) is 0 Å². The first-order valence-corrected chi connectivity index (χ1v) is 6.97. The topological polar surface area (TPSA) is 0 Å². The van der Waals surface area contributed by atoms with Gasteiger partial charge in [-0.2, -0.15) is 0 Å². The number of allylic oxidation sites excluding steroid dienone is 1. The molecule has 2 atom stereocenters. The maximum Gasteiger partial charge on any atom is -0.0297 e. The Bertz CT molecular complexity index is 168. The molecule has 0 aliphatic rings. The van der Waals surface area contributed by atoms with Crippen LogP contribution in [0.2, 0.25) is 0 Å². The Labute approximate surface area is 104 Å². The Hall–Kier alpha value is -0.260. The first-order chi connectivity index (χ1) is 7.31. The van der Waals surface area contributed by atoms with E-state index in [2.05, 4.69) is 48.1 Å². The van der Waals surface area contributed by atoms with Crippen molar-refractivity contribution in [1.29, 1.82) is 0 Å². The lowest BCUT2D eigenvalue weighted by Crippen LogP contribution is -2.05. The molecule has 0 fully saturated rings. The molecule has 0 aliphatic carbocycles. The van der Waals surface area contributed by atoms with Crippen molar-refractivity contribution in [2.24, 2.45) is 23.7 Å². The Morgan fingerprint density at radius 2 is 1.06 bits per heavy atom. The monoisotopic (exact) mass is 224 g/mol. The molecule has 0 N–H and O–H groups in total. The Balaban J connectivity index is 3.80. The highest BCUT2D eigenvalue weighted by Crippen LogP contribution is 2.25. The van der Waals surface area contributed by atoms with Gasteiger partial charge in [0, 0.05) is 0 Å². The highest BCUT2D eigenvalue weighted by molar-refractivity contribution is 4.96. The zero-order valence-electron chi connectivity index (χ0n) is 12.3. The number of hydrogen-bond donors (Lipinski definition) is 0. The van der Waals surface area contributed by atoms with Crippen molar-refractivity contribution in [3.8, 4) is 0 Å². The van der Waals surface area contributed by atoms with Crippen molar-refractivity contribution < 1.29 is 0 Å². The smallest absolute Gasteiger partial charge is 0.0297 e. The van der Waals surface area contributed by atoms with Crippen molar-refractivity contribution >= 4 is 0 Å². The maximum absolute atomic E-state index is 4.25.